The molecule has 1 aliphatic heterocycles. The van der Waals surface area contributed by atoms with E-state index in [9.17, 15) is 13.2 Å². The molecule has 1 fully saturated rings. The first kappa shape index (κ1) is 17.2. The summed E-state index contributed by atoms with van der Waals surface area (Å²) in [6.07, 6.45) is -0.966. The smallest absolute Gasteiger partial charge is 0.475 e. The van der Waals surface area contributed by atoms with Crippen LogP contribution in [-0.2, 0) is 4.79 Å². The van der Waals surface area contributed by atoms with Crippen molar-refractivity contribution < 1.29 is 23.1 Å². The van der Waals surface area contributed by atoms with Crippen molar-refractivity contribution in [3.05, 3.63) is 0 Å². The van der Waals surface area contributed by atoms with E-state index in [1.165, 1.54) is 52.0 Å². The van der Waals surface area contributed by atoms with Crippen LogP contribution in [0.1, 0.15) is 26.2 Å². The number of halogens is 3. The normalized spacial score (nSPS) is 16.9. The second-order valence-corrected chi connectivity index (χ2v) is 4.10. The quantitative estimate of drug-likeness (QED) is 0.764. The van der Waals surface area contributed by atoms with Crippen LogP contribution in [0.15, 0.2) is 0 Å². The first-order valence-electron chi connectivity index (χ1n) is 6.11. The van der Waals surface area contributed by atoms with E-state index in [0.717, 1.165) is 0 Å². The second-order valence-electron chi connectivity index (χ2n) is 4.10. The van der Waals surface area contributed by atoms with E-state index in [4.69, 9.17) is 9.90 Å². The molecular formula is C11H21F3N2O2. The third kappa shape index (κ3) is 9.23. The Morgan fingerprint density at radius 3 is 2.17 bits per heavy atom. The maximum absolute atomic E-state index is 10.6. The Kier molecular flexibility index (Phi) is 8.74. The molecule has 1 aliphatic rings. The van der Waals surface area contributed by atoms with Gasteiger partial charge in [0.2, 0.25) is 0 Å². The van der Waals surface area contributed by atoms with Crippen LogP contribution in [0.2, 0.25) is 0 Å². The number of unbranched alkanes of at least 4 members (excludes halogenated alkanes) is 2. The molecule has 2 N–H and O–H groups in total. The van der Waals surface area contributed by atoms with E-state index in [1.54, 1.807) is 0 Å². The molecule has 0 bridgehead atoms. The first-order valence-corrected chi connectivity index (χ1v) is 6.11. The summed E-state index contributed by atoms with van der Waals surface area (Å²) < 4.78 is 31.7. The van der Waals surface area contributed by atoms with Crippen molar-refractivity contribution in [2.75, 3.05) is 32.7 Å². The zero-order chi connectivity index (χ0) is 14.0. The highest BCUT2D eigenvalue weighted by atomic mass is 19.4. The van der Waals surface area contributed by atoms with Gasteiger partial charge in [0.15, 0.2) is 0 Å². The molecule has 1 saturated heterocycles. The molecule has 0 spiro atoms. The fourth-order valence-corrected chi connectivity index (χ4v) is 1.52. The lowest BCUT2D eigenvalue weighted by molar-refractivity contribution is -0.192. The largest absolute Gasteiger partial charge is 0.490 e. The molecule has 7 heteroatoms. The van der Waals surface area contributed by atoms with Crippen LogP contribution < -0.4 is 5.32 Å². The Morgan fingerprint density at radius 1 is 1.28 bits per heavy atom. The minimum Gasteiger partial charge on any atom is -0.475 e. The average molecular weight is 270 g/mol. The Morgan fingerprint density at radius 2 is 1.78 bits per heavy atom. The maximum atomic E-state index is 10.6. The number of hydrogen-bond acceptors (Lipinski definition) is 3. The van der Waals surface area contributed by atoms with Gasteiger partial charge in [0.1, 0.15) is 0 Å². The van der Waals surface area contributed by atoms with Crippen molar-refractivity contribution >= 4 is 5.97 Å². The van der Waals surface area contributed by atoms with Crippen LogP contribution in [-0.4, -0.2) is 54.9 Å². The molecule has 108 valence electrons. The number of aliphatic carboxylic acids is 1. The lowest BCUT2D eigenvalue weighted by Crippen LogP contribution is -2.43. The van der Waals surface area contributed by atoms with Gasteiger partial charge in [-0.3, -0.25) is 0 Å². The maximum Gasteiger partial charge on any atom is 0.490 e. The highest BCUT2D eigenvalue weighted by molar-refractivity contribution is 5.73. The molecule has 0 atom stereocenters. The number of hydrogen-bond donors (Lipinski definition) is 2. The predicted molar refractivity (Wildman–Crippen MR) is 62.5 cm³/mol. The van der Waals surface area contributed by atoms with Crippen molar-refractivity contribution in [3.8, 4) is 0 Å². The number of rotatable bonds is 4. The molecule has 4 nitrogen and oxygen atoms in total. The molecule has 0 radical (unpaired) electrons. The fraction of sp³-hybridized carbons (Fsp3) is 0.909. The minimum absolute atomic E-state index is 1.19. The summed E-state index contributed by atoms with van der Waals surface area (Å²) in [5.41, 5.74) is 0. The van der Waals surface area contributed by atoms with Crippen LogP contribution >= 0.6 is 0 Å². The van der Waals surface area contributed by atoms with Crippen LogP contribution in [0.25, 0.3) is 0 Å². The van der Waals surface area contributed by atoms with Gasteiger partial charge in [-0.25, -0.2) is 4.79 Å². The number of carbonyl (C=O) groups is 1. The molecule has 0 amide bonds. The van der Waals surface area contributed by atoms with Crippen molar-refractivity contribution in [1.82, 2.24) is 10.2 Å². The molecule has 0 aromatic rings. The molecule has 18 heavy (non-hydrogen) atoms. The molecule has 1 rings (SSSR count). The van der Waals surface area contributed by atoms with Gasteiger partial charge in [0, 0.05) is 26.2 Å². The highest BCUT2D eigenvalue weighted by Gasteiger charge is 2.38. The number of piperazine rings is 1. The van der Waals surface area contributed by atoms with Gasteiger partial charge in [0.05, 0.1) is 0 Å². The van der Waals surface area contributed by atoms with E-state index in [2.05, 4.69) is 17.1 Å². The monoisotopic (exact) mass is 270 g/mol. The van der Waals surface area contributed by atoms with Gasteiger partial charge in [-0.1, -0.05) is 19.8 Å². The first-order chi connectivity index (χ1) is 8.38. The summed E-state index contributed by atoms with van der Waals surface area (Å²) in [6, 6.07) is 0. The number of carboxylic acid groups (broad SMARTS) is 1. The van der Waals surface area contributed by atoms with Crippen LogP contribution in [0.4, 0.5) is 13.2 Å². The van der Waals surface area contributed by atoms with Crippen molar-refractivity contribution in [1.29, 1.82) is 0 Å². The number of carboxylic acids is 1. The zero-order valence-electron chi connectivity index (χ0n) is 10.6. The van der Waals surface area contributed by atoms with E-state index in [-0.39, 0.29) is 0 Å². The van der Waals surface area contributed by atoms with Gasteiger partial charge in [-0.2, -0.15) is 13.2 Å². The summed E-state index contributed by atoms with van der Waals surface area (Å²) in [4.78, 5) is 11.5. The summed E-state index contributed by atoms with van der Waals surface area (Å²) in [7, 11) is 0. The van der Waals surface area contributed by atoms with E-state index < -0.39 is 12.1 Å². The summed E-state index contributed by atoms with van der Waals surface area (Å²) in [5.74, 6) is -2.76. The van der Waals surface area contributed by atoms with Gasteiger partial charge >= 0.3 is 12.1 Å². The lowest BCUT2D eigenvalue weighted by atomic mass is 10.2. The number of nitrogens with one attached hydrogen (secondary N) is 1. The van der Waals surface area contributed by atoms with E-state index in [0.29, 0.717) is 0 Å². The standard InChI is InChI=1S/C9H20N2.C2HF3O2/c1-2-3-4-7-11-8-5-10-6-9-11;3-2(4,5)1(6)7/h10H,2-9H2,1H3;(H,6,7). The molecule has 1 heterocycles. The van der Waals surface area contributed by atoms with E-state index in [1.807, 2.05) is 0 Å². The molecule has 0 aromatic carbocycles. The van der Waals surface area contributed by atoms with Gasteiger partial charge in [0.25, 0.3) is 0 Å². The van der Waals surface area contributed by atoms with Crippen LogP contribution in [0, 0.1) is 0 Å². The van der Waals surface area contributed by atoms with Crippen molar-refractivity contribution in [2.24, 2.45) is 0 Å². The average Bonchev–Trinajstić information content (AvgIpc) is 2.30. The third-order valence-electron chi connectivity index (χ3n) is 2.53. The SMILES string of the molecule is CCCCCN1CCNCC1.O=C(O)C(F)(F)F. The highest BCUT2D eigenvalue weighted by Crippen LogP contribution is 2.13. The molecule has 0 saturated carbocycles. The van der Waals surface area contributed by atoms with E-state index >= 15 is 0 Å². The minimum atomic E-state index is -5.08. The van der Waals surface area contributed by atoms with Gasteiger partial charge in [-0.05, 0) is 13.0 Å². The lowest BCUT2D eigenvalue weighted by Gasteiger charge is -2.26. The Balaban J connectivity index is 0.000000360. The van der Waals surface area contributed by atoms with Gasteiger partial charge < -0.3 is 15.3 Å². The Bertz CT molecular complexity index is 229. The molecule has 0 unspecified atom stereocenters. The second kappa shape index (κ2) is 9.16. The zero-order valence-corrected chi connectivity index (χ0v) is 10.6. The van der Waals surface area contributed by atoms with Crippen LogP contribution in [0.5, 0.6) is 0 Å². The summed E-state index contributed by atoms with van der Waals surface area (Å²) >= 11 is 0. The van der Waals surface area contributed by atoms with Crippen molar-refractivity contribution in [2.45, 2.75) is 32.4 Å². The third-order valence-corrected chi connectivity index (χ3v) is 2.53. The van der Waals surface area contributed by atoms with Gasteiger partial charge in [-0.15, -0.1) is 0 Å². The number of nitrogens with zero attached hydrogens (tertiary/aromatic N) is 1. The predicted octanol–water partition coefficient (Wildman–Crippen LogP) is 1.72. The molecule has 0 aliphatic carbocycles. The Hall–Kier alpha value is -0.820. The number of alkyl halides is 3. The fourth-order valence-electron chi connectivity index (χ4n) is 1.52. The molecule has 0 aromatic heterocycles. The van der Waals surface area contributed by atoms with Crippen molar-refractivity contribution in [3.63, 3.8) is 0 Å². The molecular weight excluding hydrogens is 249 g/mol. The summed E-state index contributed by atoms with van der Waals surface area (Å²) in [5, 5.41) is 10.5. The topological polar surface area (TPSA) is 52.6 Å². The summed E-state index contributed by atoms with van der Waals surface area (Å²) in [6.45, 7) is 8.46. The Labute approximate surface area is 105 Å². The van der Waals surface area contributed by atoms with Crippen LogP contribution in [0.3, 0.4) is 0 Å².